The first-order chi connectivity index (χ1) is 13.1. The molecule has 2 aromatic carbocycles. The van der Waals surface area contributed by atoms with E-state index >= 15 is 0 Å². The maximum absolute atomic E-state index is 12.5. The first-order valence-electron chi connectivity index (χ1n) is 8.75. The molecule has 0 amide bonds. The van der Waals surface area contributed by atoms with Gasteiger partial charge in [-0.3, -0.25) is 4.79 Å². The second kappa shape index (κ2) is 6.99. The van der Waals surface area contributed by atoms with Crippen molar-refractivity contribution >= 4 is 22.6 Å². The number of aromatic nitrogens is 4. The number of carbonyl (C=O) groups is 1. The number of hydrogen-bond acceptors (Lipinski definition) is 5. The van der Waals surface area contributed by atoms with Crippen LogP contribution in [0.4, 0.5) is 5.82 Å². The van der Waals surface area contributed by atoms with Gasteiger partial charge in [-0.2, -0.15) is 5.10 Å². The minimum atomic E-state index is 0.125. The van der Waals surface area contributed by atoms with Crippen molar-refractivity contribution in [3.63, 3.8) is 0 Å². The fourth-order valence-corrected chi connectivity index (χ4v) is 3.11. The lowest BCUT2D eigenvalue weighted by Gasteiger charge is -2.06. The van der Waals surface area contributed by atoms with Gasteiger partial charge in [0.25, 0.3) is 0 Å². The molecule has 134 valence electrons. The highest BCUT2D eigenvalue weighted by Crippen LogP contribution is 2.20. The third-order valence-corrected chi connectivity index (χ3v) is 4.55. The number of anilines is 1. The van der Waals surface area contributed by atoms with Gasteiger partial charge in [-0.1, -0.05) is 29.8 Å². The number of benzene rings is 2. The summed E-state index contributed by atoms with van der Waals surface area (Å²) >= 11 is 0. The van der Waals surface area contributed by atoms with Crippen LogP contribution in [-0.2, 0) is 6.42 Å². The van der Waals surface area contributed by atoms with Gasteiger partial charge in [0.1, 0.15) is 12.1 Å². The van der Waals surface area contributed by atoms with Crippen molar-refractivity contribution in [2.75, 3.05) is 5.73 Å². The number of nitrogen functional groups attached to an aromatic ring is 1. The van der Waals surface area contributed by atoms with Gasteiger partial charge >= 0.3 is 0 Å². The van der Waals surface area contributed by atoms with Crippen molar-refractivity contribution in [3.05, 3.63) is 77.7 Å². The normalized spacial score (nSPS) is 11.0. The van der Waals surface area contributed by atoms with Crippen LogP contribution in [-0.4, -0.2) is 25.5 Å². The molecule has 0 aliphatic rings. The van der Waals surface area contributed by atoms with E-state index in [0.29, 0.717) is 28.8 Å². The summed E-state index contributed by atoms with van der Waals surface area (Å²) in [6.45, 7) is 2.06. The predicted octanol–water partition coefficient (Wildman–Crippen LogP) is 3.52. The van der Waals surface area contributed by atoms with Crippen molar-refractivity contribution in [3.8, 4) is 5.69 Å². The number of carbonyl (C=O) groups excluding carboxylic acids is 1. The molecule has 6 heteroatoms. The number of fused-ring (bicyclic) bond motifs is 1. The lowest BCUT2D eigenvalue weighted by molar-refractivity contribution is 0.0983. The number of rotatable bonds is 5. The molecule has 0 atom stereocenters. The summed E-state index contributed by atoms with van der Waals surface area (Å²) in [6.07, 6.45) is 4.28. The second-order valence-corrected chi connectivity index (χ2v) is 6.51. The number of nitrogens with two attached hydrogens (primary N) is 1. The Morgan fingerprint density at radius 2 is 1.93 bits per heavy atom. The van der Waals surface area contributed by atoms with E-state index in [-0.39, 0.29) is 5.78 Å². The van der Waals surface area contributed by atoms with Crippen LogP contribution in [0.15, 0.2) is 61.1 Å². The second-order valence-electron chi connectivity index (χ2n) is 6.51. The summed E-state index contributed by atoms with van der Waals surface area (Å²) < 4.78 is 1.69. The molecule has 0 aliphatic heterocycles. The van der Waals surface area contributed by atoms with Gasteiger partial charge in [-0.25, -0.2) is 14.6 Å². The molecule has 0 radical (unpaired) electrons. The Morgan fingerprint density at radius 1 is 1.11 bits per heavy atom. The third kappa shape index (κ3) is 3.42. The highest BCUT2D eigenvalue weighted by Gasteiger charge is 2.11. The van der Waals surface area contributed by atoms with Gasteiger partial charge in [0.15, 0.2) is 11.4 Å². The minimum absolute atomic E-state index is 0.125. The zero-order valence-corrected chi connectivity index (χ0v) is 15.0. The van der Waals surface area contributed by atoms with Crippen molar-refractivity contribution < 1.29 is 4.79 Å². The van der Waals surface area contributed by atoms with E-state index in [4.69, 9.17) is 5.73 Å². The molecule has 0 fully saturated rings. The topological polar surface area (TPSA) is 86.7 Å². The Morgan fingerprint density at radius 3 is 2.70 bits per heavy atom. The summed E-state index contributed by atoms with van der Waals surface area (Å²) in [6, 6.07) is 15.6. The smallest absolute Gasteiger partial charge is 0.168 e. The summed E-state index contributed by atoms with van der Waals surface area (Å²) in [4.78, 5) is 20.7. The Labute approximate surface area is 156 Å². The molecule has 4 aromatic rings. The zero-order valence-electron chi connectivity index (χ0n) is 15.0. The summed E-state index contributed by atoms with van der Waals surface area (Å²) in [5, 5.41) is 5.04. The number of ketones is 1. The highest BCUT2D eigenvalue weighted by atomic mass is 16.1. The van der Waals surface area contributed by atoms with Gasteiger partial charge in [0, 0.05) is 12.0 Å². The summed E-state index contributed by atoms with van der Waals surface area (Å²) in [7, 11) is 0. The van der Waals surface area contributed by atoms with Gasteiger partial charge in [-0.05, 0) is 43.2 Å². The van der Waals surface area contributed by atoms with E-state index < -0.39 is 0 Å². The van der Waals surface area contributed by atoms with Crippen LogP contribution >= 0.6 is 0 Å². The fourth-order valence-electron chi connectivity index (χ4n) is 3.11. The fraction of sp³-hybridized carbons (Fsp3) is 0.143. The average Bonchev–Trinajstić information content (AvgIpc) is 3.12. The molecular weight excluding hydrogens is 338 g/mol. The van der Waals surface area contributed by atoms with Crippen molar-refractivity contribution in [2.45, 2.75) is 19.8 Å². The van der Waals surface area contributed by atoms with E-state index in [1.807, 2.05) is 30.3 Å². The van der Waals surface area contributed by atoms with E-state index in [1.54, 1.807) is 10.9 Å². The van der Waals surface area contributed by atoms with Crippen LogP contribution in [0.3, 0.4) is 0 Å². The zero-order chi connectivity index (χ0) is 18.8. The van der Waals surface area contributed by atoms with Gasteiger partial charge in [0.05, 0.1) is 17.3 Å². The molecule has 0 bridgehead atoms. The molecule has 4 rings (SSSR count). The molecule has 2 N–H and O–H groups in total. The van der Waals surface area contributed by atoms with E-state index in [9.17, 15) is 4.79 Å². The van der Waals surface area contributed by atoms with E-state index in [0.717, 1.165) is 12.1 Å². The lowest BCUT2D eigenvalue weighted by Crippen LogP contribution is -2.03. The molecule has 0 aliphatic carbocycles. The summed E-state index contributed by atoms with van der Waals surface area (Å²) in [5.41, 5.74) is 10.4. The Hall–Kier alpha value is -3.54. The van der Waals surface area contributed by atoms with Gasteiger partial charge in [-0.15, -0.1) is 0 Å². The van der Waals surface area contributed by atoms with Crippen LogP contribution in [0.25, 0.3) is 16.7 Å². The average molecular weight is 357 g/mol. The molecular formula is C21H19N5O. The molecule has 0 saturated carbocycles. The highest BCUT2D eigenvalue weighted by molar-refractivity contribution is 5.96. The molecule has 2 heterocycles. The molecule has 27 heavy (non-hydrogen) atoms. The van der Waals surface area contributed by atoms with E-state index in [1.165, 1.54) is 17.5 Å². The first kappa shape index (κ1) is 16.9. The maximum atomic E-state index is 12.5. The number of Topliss-reactive ketones (excluding diaryl/α,β-unsaturated/α-hetero) is 1. The number of aryl methyl sites for hydroxylation is 2. The molecule has 2 aromatic heterocycles. The molecule has 0 spiro atoms. The Bertz CT molecular complexity index is 1120. The predicted molar refractivity (Wildman–Crippen MR) is 105 cm³/mol. The van der Waals surface area contributed by atoms with Crippen molar-refractivity contribution in [2.24, 2.45) is 0 Å². The van der Waals surface area contributed by atoms with Crippen LogP contribution in [0.5, 0.6) is 0 Å². The summed E-state index contributed by atoms with van der Waals surface area (Å²) in [5.74, 6) is 0.522. The SMILES string of the molecule is Cc1cccc(CCC(=O)c2ccc(-n3ncc4c(N)ncnc43)cc2)c1. The van der Waals surface area contributed by atoms with Gasteiger partial charge in [0.2, 0.25) is 0 Å². The third-order valence-electron chi connectivity index (χ3n) is 4.55. The van der Waals surface area contributed by atoms with Crippen LogP contribution in [0.1, 0.15) is 27.9 Å². The lowest BCUT2D eigenvalue weighted by atomic mass is 10.0. The number of nitrogens with zero attached hydrogens (tertiary/aromatic N) is 4. The van der Waals surface area contributed by atoms with Crippen molar-refractivity contribution in [1.29, 1.82) is 0 Å². The largest absolute Gasteiger partial charge is 0.383 e. The Kier molecular flexibility index (Phi) is 4.38. The van der Waals surface area contributed by atoms with E-state index in [2.05, 4.69) is 40.2 Å². The van der Waals surface area contributed by atoms with Crippen LogP contribution in [0.2, 0.25) is 0 Å². The quantitative estimate of drug-likeness (QED) is 0.552. The molecule has 0 unspecified atom stereocenters. The number of hydrogen-bond donors (Lipinski definition) is 1. The monoisotopic (exact) mass is 357 g/mol. The molecule has 6 nitrogen and oxygen atoms in total. The maximum Gasteiger partial charge on any atom is 0.168 e. The Balaban J connectivity index is 1.51. The van der Waals surface area contributed by atoms with Crippen LogP contribution < -0.4 is 5.73 Å². The first-order valence-corrected chi connectivity index (χ1v) is 8.75. The van der Waals surface area contributed by atoms with Crippen molar-refractivity contribution in [1.82, 2.24) is 19.7 Å². The molecule has 0 saturated heterocycles. The minimum Gasteiger partial charge on any atom is -0.383 e. The standard InChI is InChI=1S/C21H19N5O/c1-14-3-2-4-15(11-14)5-10-19(27)16-6-8-17(9-7-16)26-21-18(12-25-26)20(22)23-13-24-21/h2-4,6-9,11-13H,5,10H2,1H3,(H2,22,23,24). The van der Waals surface area contributed by atoms with Crippen LogP contribution in [0, 0.1) is 6.92 Å². The van der Waals surface area contributed by atoms with Gasteiger partial charge < -0.3 is 5.73 Å².